The maximum absolute atomic E-state index is 12.5. The Morgan fingerprint density at radius 2 is 1.83 bits per heavy atom. The maximum atomic E-state index is 12.5. The SMILES string of the molecule is CCCCCCN(CC(C)C(=O)OC)C(=O)COc1ccccc1. The van der Waals surface area contributed by atoms with Crippen molar-refractivity contribution >= 4 is 11.9 Å². The minimum absolute atomic E-state index is 0.0221. The largest absolute Gasteiger partial charge is 0.484 e. The first-order valence-electron chi connectivity index (χ1n) is 8.62. The van der Waals surface area contributed by atoms with Gasteiger partial charge in [0.05, 0.1) is 13.0 Å². The second kappa shape index (κ2) is 11.5. The van der Waals surface area contributed by atoms with E-state index >= 15 is 0 Å². The van der Waals surface area contributed by atoms with Crippen LogP contribution < -0.4 is 4.74 Å². The summed E-state index contributed by atoms with van der Waals surface area (Å²) >= 11 is 0. The third kappa shape index (κ3) is 7.49. The summed E-state index contributed by atoms with van der Waals surface area (Å²) in [5.41, 5.74) is 0. The van der Waals surface area contributed by atoms with E-state index in [4.69, 9.17) is 9.47 Å². The Morgan fingerprint density at radius 3 is 2.46 bits per heavy atom. The molecule has 0 bridgehead atoms. The van der Waals surface area contributed by atoms with E-state index in [1.54, 1.807) is 11.8 Å². The van der Waals surface area contributed by atoms with Crippen LogP contribution in [0.2, 0.25) is 0 Å². The lowest BCUT2D eigenvalue weighted by Gasteiger charge is -2.25. The van der Waals surface area contributed by atoms with Crippen molar-refractivity contribution in [3.8, 4) is 5.75 Å². The summed E-state index contributed by atoms with van der Waals surface area (Å²) in [6.45, 7) is 4.89. The highest BCUT2D eigenvalue weighted by Crippen LogP contribution is 2.10. The smallest absolute Gasteiger partial charge is 0.310 e. The van der Waals surface area contributed by atoms with Crippen molar-refractivity contribution in [1.82, 2.24) is 4.90 Å². The van der Waals surface area contributed by atoms with Gasteiger partial charge in [0.1, 0.15) is 5.75 Å². The molecule has 0 heterocycles. The van der Waals surface area contributed by atoms with Gasteiger partial charge in [0, 0.05) is 13.1 Å². The lowest BCUT2D eigenvalue weighted by Crippen LogP contribution is -2.40. The molecule has 0 radical (unpaired) electrons. The van der Waals surface area contributed by atoms with Gasteiger partial charge in [-0.1, -0.05) is 51.3 Å². The summed E-state index contributed by atoms with van der Waals surface area (Å²) in [5, 5.41) is 0. The topological polar surface area (TPSA) is 55.8 Å². The summed E-state index contributed by atoms with van der Waals surface area (Å²) in [4.78, 5) is 25.8. The number of amides is 1. The number of benzene rings is 1. The van der Waals surface area contributed by atoms with E-state index in [-0.39, 0.29) is 24.4 Å². The van der Waals surface area contributed by atoms with Crippen molar-refractivity contribution in [2.75, 3.05) is 26.8 Å². The quantitative estimate of drug-likeness (QED) is 0.460. The predicted octanol–water partition coefficient (Wildman–Crippen LogP) is 3.28. The monoisotopic (exact) mass is 335 g/mol. The van der Waals surface area contributed by atoms with Crippen LogP contribution in [0.1, 0.15) is 39.5 Å². The summed E-state index contributed by atoms with van der Waals surface area (Å²) in [5.74, 6) is -0.0870. The second-order valence-electron chi connectivity index (χ2n) is 5.93. The normalized spacial score (nSPS) is 11.6. The average Bonchev–Trinajstić information content (AvgIpc) is 2.62. The van der Waals surface area contributed by atoms with Gasteiger partial charge in [-0.2, -0.15) is 0 Å². The van der Waals surface area contributed by atoms with Crippen LogP contribution in [0.3, 0.4) is 0 Å². The van der Waals surface area contributed by atoms with Crippen LogP contribution in [0.15, 0.2) is 30.3 Å². The minimum atomic E-state index is -0.346. The number of esters is 1. The van der Waals surface area contributed by atoms with Gasteiger partial charge in [-0.3, -0.25) is 9.59 Å². The standard InChI is InChI=1S/C19H29NO4/c1-4-5-6-10-13-20(14-16(2)19(22)23-3)18(21)15-24-17-11-8-7-9-12-17/h7-9,11-12,16H,4-6,10,13-15H2,1-3H3. The molecule has 0 saturated heterocycles. The number of carbonyl (C=O) groups excluding carboxylic acids is 2. The lowest BCUT2D eigenvalue weighted by atomic mass is 10.1. The Bertz CT molecular complexity index is 489. The van der Waals surface area contributed by atoms with Crippen molar-refractivity contribution in [2.24, 2.45) is 5.92 Å². The highest BCUT2D eigenvalue weighted by Gasteiger charge is 2.21. The van der Waals surface area contributed by atoms with Crippen molar-refractivity contribution < 1.29 is 19.1 Å². The van der Waals surface area contributed by atoms with Gasteiger partial charge in [-0.05, 0) is 18.6 Å². The molecule has 1 unspecified atom stereocenters. The minimum Gasteiger partial charge on any atom is -0.484 e. The fourth-order valence-electron chi connectivity index (χ4n) is 2.41. The number of rotatable bonds is 11. The molecular formula is C19H29NO4. The number of methoxy groups -OCH3 is 1. The van der Waals surface area contributed by atoms with Crippen LogP contribution in [0.4, 0.5) is 0 Å². The number of hydrogen-bond acceptors (Lipinski definition) is 4. The second-order valence-corrected chi connectivity index (χ2v) is 5.93. The highest BCUT2D eigenvalue weighted by atomic mass is 16.5. The van der Waals surface area contributed by atoms with Crippen molar-refractivity contribution in [3.05, 3.63) is 30.3 Å². The van der Waals surface area contributed by atoms with Crippen LogP contribution >= 0.6 is 0 Å². The number of carbonyl (C=O) groups is 2. The van der Waals surface area contributed by atoms with Crippen molar-refractivity contribution in [2.45, 2.75) is 39.5 Å². The van der Waals surface area contributed by atoms with Crippen LogP contribution in [0.25, 0.3) is 0 Å². The van der Waals surface area contributed by atoms with E-state index < -0.39 is 0 Å². The number of hydrogen-bond donors (Lipinski definition) is 0. The van der Waals surface area contributed by atoms with E-state index in [9.17, 15) is 9.59 Å². The molecule has 0 N–H and O–H groups in total. The lowest BCUT2D eigenvalue weighted by molar-refractivity contribution is -0.146. The molecule has 0 saturated carbocycles. The van der Waals surface area contributed by atoms with Gasteiger partial charge >= 0.3 is 5.97 Å². The fraction of sp³-hybridized carbons (Fsp3) is 0.579. The zero-order valence-electron chi connectivity index (χ0n) is 15.0. The van der Waals surface area contributed by atoms with Gasteiger partial charge in [0.2, 0.25) is 0 Å². The van der Waals surface area contributed by atoms with Crippen molar-refractivity contribution in [1.29, 1.82) is 0 Å². The maximum Gasteiger partial charge on any atom is 0.310 e. The molecule has 134 valence electrons. The third-order valence-electron chi connectivity index (χ3n) is 3.84. The van der Waals surface area contributed by atoms with Crippen LogP contribution in [-0.2, 0) is 14.3 Å². The van der Waals surface area contributed by atoms with Crippen LogP contribution in [-0.4, -0.2) is 43.6 Å². The number of unbranched alkanes of at least 4 members (excludes halogenated alkanes) is 3. The molecule has 0 spiro atoms. The molecule has 24 heavy (non-hydrogen) atoms. The predicted molar refractivity (Wildman–Crippen MR) is 93.8 cm³/mol. The molecule has 0 aliphatic rings. The summed E-state index contributed by atoms with van der Waals surface area (Å²) in [7, 11) is 1.37. The Labute approximate surface area is 144 Å². The molecule has 1 rings (SSSR count). The molecule has 0 aromatic heterocycles. The Morgan fingerprint density at radius 1 is 1.12 bits per heavy atom. The highest BCUT2D eigenvalue weighted by molar-refractivity contribution is 5.79. The average molecular weight is 335 g/mol. The van der Waals surface area contributed by atoms with E-state index in [1.807, 2.05) is 30.3 Å². The van der Waals surface area contributed by atoms with Gasteiger partial charge < -0.3 is 14.4 Å². The third-order valence-corrected chi connectivity index (χ3v) is 3.84. The van der Waals surface area contributed by atoms with Crippen LogP contribution in [0, 0.1) is 5.92 Å². The molecule has 0 fully saturated rings. The molecule has 5 nitrogen and oxygen atoms in total. The summed E-state index contributed by atoms with van der Waals surface area (Å²) in [6.07, 6.45) is 4.30. The Hall–Kier alpha value is -2.04. The molecule has 5 heteroatoms. The van der Waals surface area contributed by atoms with Crippen LogP contribution in [0.5, 0.6) is 5.75 Å². The van der Waals surface area contributed by atoms with Gasteiger partial charge in [-0.15, -0.1) is 0 Å². The van der Waals surface area contributed by atoms with Gasteiger partial charge in [-0.25, -0.2) is 0 Å². The molecule has 0 aliphatic heterocycles. The first kappa shape index (κ1) is 20.0. The number of nitrogens with zero attached hydrogens (tertiary/aromatic N) is 1. The van der Waals surface area contributed by atoms with Gasteiger partial charge in [0.15, 0.2) is 6.61 Å². The molecule has 1 atom stereocenters. The summed E-state index contributed by atoms with van der Waals surface area (Å²) in [6, 6.07) is 9.25. The van der Waals surface area contributed by atoms with E-state index in [0.29, 0.717) is 18.8 Å². The Kier molecular flexibility index (Phi) is 9.58. The summed E-state index contributed by atoms with van der Waals surface area (Å²) < 4.78 is 10.3. The molecule has 1 amide bonds. The fourth-order valence-corrected chi connectivity index (χ4v) is 2.41. The molecule has 0 aliphatic carbocycles. The first-order chi connectivity index (χ1) is 11.6. The van der Waals surface area contributed by atoms with E-state index in [2.05, 4.69) is 6.92 Å². The Balaban J connectivity index is 2.57. The molecule has 1 aromatic rings. The molecule has 1 aromatic carbocycles. The first-order valence-corrected chi connectivity index (χ1v) is 8.62. The number of para-hydroxylation sites is 1. The zero-order valence-corrected chi connectivity index (χ0v) is 15.0. The zero-order chi connectivity index (χ0) is 17.8. The number of ether oxygens (including phenoxy) is 2. The molecular weight excluding hydrogens is 306 g/mol. The van der Waals surface area contributed by atoms with E-state index in [0.717, 1.165) is 25.7 Å². The van der Waals surface area contributed by atoms with Gasteiger partial charge in [0.25, 0.3) is 5.91 Å². The van der Waals surface area contributed by atoms with E-state index in [1.165, 1.54) is 7.11 Å². The van der Waals surface area contributed by atoms with Crippen molar-refractivity contribution in [3.63, 3.8) is 0 Å².